The molecular formula is C21H33NO2. The molecule has 1 aromatic carbocycles. The smallest absolute Gasteiger partial charge is 0.135 e. The topological polar surface area (TPSA) is 29.5 Å². The third-order valence-corrected chi connectivity index (χ3v) is 4.77. The summed E-state index contributed by atoms with van der Waals surface area (Å²) in [5, 5.41) is 0. The van der Waals surface area contributed by atoms with Gasteiger partial charge in [-0.2, -0.15) is 0 Å². The van der Waals surface area contributed by atoms with Crippen molar-refractivity contribution < 1.29 is 9.53 Å². The summed E-state index contributed by atoms with van der Waals surface area (Å²) in [6, 6.07) is 10.7. The standard InChI is InChI=1S/C21H33NO2/c23-21-13-16-22(17-14-21)15-7-1-2-8-18-24-19-9-6-12-20-10-4-3-5-11-20/h3-5,10-11H,1-2,6-9,12-19H2. The third kappa shape index (κ3) is 8.60. The van der Waals surface area contributed by atoms with Gasteiger partial charge >= 0.3 is 0 Å². The molecule has 0 spiro atoms. The third-order valence-electron chi connectivity index (χ3n) is 4.77. The van der Waals surface area contributed by atoms with E-state index in [1.54, 1.807) is 0 Å². The van der Waals surface area contributed by atoms with Crippen molar-refractivity contribution in [2.45, 2.75) is 57.8 Å². The second-order valence-electron chi connectivity index (χ2n) is 6.85. The fraction of sp³-hybridized carbons (Fsp3) is 0.667. The number of nitrogens with zero attached hydrogens (tertiary/aromatic N) is 1. The lowest BCUT2D eigenvalue weighted by Gasteiger charge is -2.25. The molecule has 24 heavy (non-hydrogen) atoms. The van der Waals surface area contributed by atoms with E-state index in [0.717, 1.165) is 58.5 Å². The van der Waals surface area contributed by atoms with Crippen LogP contribution in [0.15, 0.2) is 30.3 Å². The van der Waals surface area contributed by atoms with Crippen LogP contribution in [-0.4, -0.2) is 43.5 Å². The summed E-state index contributed by atoms with van der Waals surface area (Å²) in [5.74, 6) is 0.437. The lowest BCUT2D eigenvalue weighted by molar-refractivity contribution is -0.121. The van der Waals surface area contributed by atoms with Gasteiger partial charge in [-0.15, -0.1) is 0 Å². The number of hydrogen-bond donors (Lipinski definition) is 0. The largest absolute Gasteiger partial charge is 0.381 e. The first-order valence-electron chi connectivity index (χ1n) is 9.70. The van der Waals surface area contributed by atoms with E-state index in [9.17, 15) is 4.79 Å². The van der Waals surface area contributed by atoms with Crippen molar-refractivity contribution in [1.29, 1.82) is 0 Å². The van der Waals surface area contributed by atoms with Crippen LogP contribution in [0.5, 0.6) is 0 Å². The van der Waals surface area contributed by atoms with Crippen LogP contribution < -0.4 is 0 Å². The molecule has 0 aliphatic carbocycles. The van der Waals surface area contributed by atoms with Gasteiger partial charge in [0.25, 0.3) is 0 Å². The summed E-state index contributed by atoms with van der Waals surface area (Å²) < 4.78 is 5.73. The van der Waals surface area contributed by atoms with Crippen molar-refractivity contribution in [1.82, 2.24) is 4.90 Å². The predicted molar refractivity (Wildman–Crippen MR) is 99.3 cm³/mol. The van der Waals surface area contributed by atoms with Crippen molar-refractivity contribution in [3.8, 4) is 0 Å². The first-order chi connectivity index (χ1) is 11.8. The monoisotopic (exact) mass is 331 g/mol. The van der Waals surface area contributed by atoms with Crippen LogP contribution in [0.4, 0.5) is 0 Å². The van der Waals surface area contributed by atoms with E-state index in [1.165, 1.54) is 37.7 Å². The number of likely N-dealkylation sites (tertiary alicyclic amines) is 1. The van der Waals surface area contributed by atoms with Crippen LogP contribution in [0.3, 0.4) is 0 Å². The van der Waals surface area contributed by atoms with E-state index in [-0.39, 0.29) is 0 Å². The van der Waals surface area contributed by atoms with E-state index in [2.05, 4.69) is 35.2 Å². The molecular weight excluding hydrogens is 298 g/mol. The van der Waals surface area contributed by atoms with Gasteiger partial charge in [-0.1, -0.05) is 43.2 Å². The van der Waals surface area contributed by atoms with Crippen LogP contribution in [0.25, 0.3) is 0 Å². The molecule has 0 aromatic heterocycles. The molecule has 0 atom stereocenters. The van der Waals surface area contributed by atoms with Gasteiger partial charge in [0.15, 0.2) is 0 Å². The number of rotatable bonds is 12. The maximum Gasteiger partial charge on any atom is 0.135 e. The van der Waals surface area contributed by atoms with Gasteiger partial charge in [0.2, 0.25) is 0 Å². The fourth-order valence-corrected chi connectivity index (χ4v) is 3.20. The molecule has 1 aromatic rings. The normalized spacial score (nSPS) is 15.8. The summed E-state index contributed by atoms with van der Waals surface area (Å²) in [4.78, 5) is 13.6. The Labute approximate surface area is 147 Å². The molecule has 3 heteroatoms. The molecule has 2 rings (SSSR count). The molecule has 1 heterocycles. The Morgan fingerprint density at radius 2 is 1.50 bits per heavy atom. The summed E-state index contributed by atoms with van der Waals surface area (Å²) in [7, 11) is 0. The molecule has 1 aliphatic rings. The van der Waals surface area contributed by atoms with Crippen LogP contribution in [0.2, 0.25) is 0 Å². The molecule has 0 saturated carbocycles. The Balaban J connectivity index is 1.31. The molecule has 1 fully saturated rings. The minimum Gasteiger partial charge on any atom is -0.381 e. The van der Waals surface area contributed by atoms with Gasteiger partial charge in [0.1, 0.15) is 5.78 Å². The maximum atomic E-state index is 11.2. The quantitative estimate of drug-likeness (QED) is 0.536. The number of carbonyl (C=O) groups excluding carboxylic acids is 1. The molecule has 0 amide bonds. The van der Waals surface area contributed by atoms with E-state index in [1.807, 2.05) is 0 Å². The first-order valence-corrected chi connectivity index (χ1v) is 9.70. The molecule has 1 saturated heterocycles. The number of benzene rings is 1. The molecule has 134 valence electrons. The van der Waals surface area contributed by atoms with Gasteiger partial charge in [-0.25, -0.2) is 0 Å². The Hall–Kier alpha value is -1.19. The number of unbranched alkanes of at least 4 members (excludes halogenated alkanes) is 4. The van der Waals surface area contributed by atoms with Crippen LogP contribution in [0.1, 0.15) is 56.9 Å². The minimum atomic E-state index is 0.437. The number of aryl methyl sites for hydroxylation is 1. The van der Waals surface area contributed by atoms with E-state index in [4.69, 9.17) is 4.74 Å². The second-order valence-corrected chi connectivity index (χ2v) is 6.85. The lowest BCUT2D eigenvalue weighted by atomic mass is 10.1. The zero-order valence-electron chi connectivity index (χ0n) is 15.0. The van der Waals surface area contributed by atoms with Crippen LogP contribution >= 0.6 is 0 Å². The van der Waals surface area contributed by atoms with Gasteiger partial charge in [-0.3, -0.25) is 4.79 Å². The number of ketones is 1. The van der Waals surface area contributed by atoms with Gasteiger partial charge in [0, 0.05) is 39.1 Å². The SMILES string of the molecule is O=C1CCN(CCCCCCOCCCCc2ccccc2)CC1. The number of piperidine rings is 1. The van der Waals surface area contributed by atoms with Gasteiger partial charge in [-0.05, 0) is 44.2 Å². The van der Waals surface area contributed by atoms with E-state index >= 15 is 0 Å². The summed E-state index contributed by atoms with van der Waals surface area (Å²) in [6.07, 6.45) is 10.0. The average Bonchev–Trinajstić information content (AvgIpc) is 2.62. The zero-order valence-corrected chi connectivity index (χ0v) is 15.0. The number of hydrogen-bond acceptors (Lipinski definition) is 3. The van der Waals surface area contributed by atoms with E-state index in [0.29, 0.717) is 5.78 Å². The maximum absolute atomic E-state index is 11.2. The van der Waals surface area contributed by atoms with Crippen molar-refractivity contribution in [3.05, 3.63) is 35.9 Å². The summed E-state index contributed by atoms with van der Waals surface area (Å²) in [5.41, 5.74) is 1.43. The predicted octanol–water partition coefficient (Wildman–Crippen LogP) is 4.25. The Kier molecular flexibility index (Phi) is 9.74. The van der Waals surface area contributed by atoms with Crippen LogP contribution in [-0.2, 0) is 16.0 Å². The Morgan fingerprint density at radius 3 is 2.25 bits per heavy atom. The highest BCUT2D eigenvalue weighted by atomic mass is 16.5. The summed E-state index contributed by atoms with van der Waals surface area (Å²) >= 11 is 0. The second kappa shape index (κ2) is 12.2. The molecule has 0 radical (unpaired) electrons. The summed E-state index contributed by atoms with van der Waals surface area (Å²) in [6.45, 7) is 4.92. The average molecular weight is 332 g/mol. The molecule has 0 N–H and O–H groups in total. The molecule has 1 aliphatic heterocycles. The Bertz CT molecular complexity index is 436. The first kappa shape index (κ1) is 19.1. The van der Waals surface area contributed by atoms with Gasteiger partial charge in [0.05, 0.1) is 0 Å². The molecule has 3 nitrogen and oxygen atoms in total. The fourth-order valence-electron chi connectivity index (χ4n) is 3.20. The highest BCUT2D eigenvalue weighted by Crippen LogP contribution is 2.09. The molecule has 0 bridgehead atoms. The van der Waals surface area contributed by atoms with E-state index < -0.39 is 0 Å². The lowest BCUT2D eigenvalue weighted by Crippen LogP contribution is -2.34. The highest BCUT2D eigenvalue weighted by Gasteiger charge is 2.14. The number of ether oxygens (including phenoxy) is 1. The van der Waals surface area contributed by atoms with Crippen molar-refractivity contribution in [2.75, 3.05) is 32.8 Å². The van der Waals surface area contributed by atoms with Crippen molar-refractivity contribution in [3.63, 3.8) is 0 Å². The number of Topliss-reactive ketones (excluding diaryl/α,β-unsaturated/α-hetero) is 1. The Morgan fingerprint density at radius 1 is 0.833 bits per heavy atom. The van der Waals surface area contributed by atoms with Gasteiger partial charge < -0.3 is 9.64 Å². The van der Waals surface area contributed by atoms with Crippen molar-refractivity contribution in [2.24, 2.45) is 0 Å². The van der Waals surface area contributed by atoms with Crippen LogP contribution in [0, 0.1) is 0 Å². The highest BCUT2D eigenvalue weighted by molar-refractivity contribution is 5.79. The molecule has 0 unspecified atom stereocenters. The minimum absolute atomic E-state index is 0.437. The number of carbonyl (C=O) groups is 1. The zero-order chi connectivity index (χ0) is 16.9. The van der Waals surface area contributed by atoms with Crippen molar-refractivity contribution >= 4 is 5.78 Å².